The molecule has 152 valence electrons. The predicted molar refractivity (Wildman–Crippen MR) is 118 cm³/mol. The molecule has 4 rings (SSSR count). The zero-order valence-corrected chi connectivity index (χ0v) is 17.5. The number of aromatic nitrogens is 1. The summed E-state index contributed by atoms with van der Waals surface area (Å²) in [5.41, 5.74) is 2.82. The van der Waals surface area contributed by atoms with Gasteiger partial charge < -0.3 is 4.42 Å². The highest BCUT2D eigenvalue weighted by atomic mass is 32.1. The summed E-state index contributed by atoms with van der Waals surface area (Å²) in [5, 5.41) is 3.25. The number of nitrogens with one attached hydrogen (secondary N) is 1. The smallest absolute Gasteiger partial charge is 0.293 e. The predicted octanol–water partition coefficient (Wildman–Crippen LogP) is 6.51. The number of hydrogen-bond donors (Lipinski definition) is 1. The average Bonchev–Trinajstić information content (AvgIpc) is 3.39. The van der Waals surface area contributed by atoms with Crippen molar-refractivity contribution >= 4 is 22.4 Å². The van der Waals surface area contributed by atoms with Crippen molar-refractivity contribution in [2.24, 2.45) is 0 Å². The van der Waals surface area contributed by atoms with Crippen LogP contribution in [0, 0.1) is 5.82 Å². The molecule has 0 atom stereocenters. The second-order valence-electron chi connectivity index (χ2n) is 7.30. The number of nitrogens with zero attached hydrogens (tertiary/aromatic N) is 1. The van der Waals surface area contributed by atoms with Gasteiger partial charge in [0.15, 0.2) is 10.9 Å². The number of anilines is 1. The second kappa shape index (κ2) is 8.63. The van der Waals surface area contributed by atoms with Crippen LogP contribution in [0.2, 0.25) is 0 Å². The van der Waals surface area contributed by atoms with E-state index in [1.54, 1.807) is 30.5 Å². The molecule has 0 aliphatic carbocycles. The van der Waals surface area contributed by atoms with Crippen LogP contribution in [-0.4, -0.2) is 10.9 Å². The van der Waals surface area contributed by atoms with E-state index in [-0.39, 0.29) is 5.76 Å². The lowest BCUT2D eigenvalue weighted by molar-refractivity contribution is 0.0997. The number of rotatable bonds is 6. The van der Waals surface area contributed by atoms with Gasteiger partial charge in [-0.2, -0.15) is 0 Å². The van der Waals surface area contributed by atoms with E-state index in [2.05, 4.69) is 48.4 Å². The Labute approximate surface area is 178 Å². The summed E-state index contributed by atoms with van der Waals surface area (Å²) in [6, 6.07) is 17.9. The molecule has 0 saturated heterocycles. The Hall–Kier alpha value is -3.25. The first kappa shape index (κ1) is 20.0. The summed E-state index contributed by atoms with van der Waals surface area (Å²) in [5.74, 6) is 0.103. The number of carbonyl (C=O) groups is 1. The Bertz CT molecular complexity index is 1160. The number of furan rings is 1. The molecular formula is C24H21FN2O2S. The average molecular weight is 421 g/mol. The van der Waals surface area contributed by atoms with Crippen LogP contribution in [0.3, 0.4) is 0 Å². The van der Waals surface area contributed by atoms with Gasteiger partial charge in [0.1, 0.15) is 11.6 Å². The molecule has 30 heavy (non-hydrogen) atoms. The standard InChI is InChI=1S/C24H21FN2O2S/c1-15(2)17-9-7-16(8-10-17)13-18-14-26-24(30-18)27-23(28)22-12-11-21(29-22)19-5-3-4-6-20(19)25/h3-12,14-15H,13H2,1-2H3,(H,26,27,28). The Morgan fingerprint density at radius 1 is 1.10 bits per heavy atom. The molecule has 0 fully saturated rings. The molecule has 0 spiro atoms. The molecule has 0 bridgehead atoms. The van der Waals surface area contributed by atoms with Crippen LogP contribution in [0.15, 0.2) is 71.3 Å². The van der Waals surface area contributed by atoms with E-state index in [0.29, 0.717) is 22.4 Å². The third-order valence-electron chi connectivity index (χ3n) is 4.77. The molecule has 0 saturated carbocycles. The van der Waals surface area contributed by atoms with Crippen LogP contribution in [-0.2, 0) is 6.42 Å². The van der Waals surface area contributed by atoms with Crippen molar-refractivity contribution in [2.75, 3.05) is 5.32 Å². The van der Waals surface area contributed by atoms with E-state index < -0.39 is 11.7 Å². The van der Waals surface area contributed by atoms with Gasteiger partial charge in [-0.3, -0.25) is 10.1 Å². The van der Waals surface area contributed by atoms with Crippen molar-refractivity contribution < 1.29 is 13.6 Å². The fourth-order valence-electron chi connectivity index (χ4n) is 3.09. The lowest BCUT2D eigenvalue weighted by atomic mass is 10.0. The number of hydrogen-bond acceptors (Lipinski definition) is 4. The van der Waals surface area contributed by atoms with Crippen LogP contribution >= 0.6 is 11.3 Å². The molecular weight excluding hydrogens is 399 g/mol. The number of thiazole rings is 1. The van der Waals surface area contributed by atoms with Crippen molar-refractivity contribution in [3.05, 3.63) is 94.4 Å². The zero-order chi connectivity index (χ0) is 21.1. The van der Waals surface area contributed by atoms with Gasteiger partial charge in [-0.15, -0.1) is 11.3 Å². The zero-order valence-electron chi connectivity index (χ0n) is 16.7. The quantitative estimate of drug-likeness (QED) is 0.387. The summed E-state index contributed by atoms with van der Waals surface area (Å²) in [7, 11) is 0. The number of amides is 1. The molecule has 0 aliphatic heterocycles. The molecule has 6 heteroatoms. The number of carbonyl (C=O) groups excluding carboxylic acids is 1. The van der Waals surface area contributed by atoms with E-state index >= 15 is 0 Å². The summed E-state index contributed by atoms with van der Waals surface area (Å²) < 4.78 is 19.4. The first-order valence-electron chi connectivity index (χ1n) is 9.69. The van der Waals surface area contributed by atoms with Gasteiger partial charge in [0.05, 0.1) is 5.56 Å². The highest BCUT2D eigenvalue weighted by Gasteiger charge is 2.16. The Morgan fingerprint density at radius 2 is 1.87 bits per heavy atom. The fraction of sp³-hybridized carbons (Fsp3) is 0.167. The molecule has 0 aliphatic rings. The van der Waals surface area contributed by atoms with Crippen LogP contribution in [0.25, 0.3) is 11.3 Å². The molecule has 2 heterocycles. The monoisotopic (exact) mass is 420 g/mol. The van der Waals surface area contributed by atoms with Gasteiger partial charge in [0.2, 0.25) is 0 Å². The van der Waals surface area contributed by atoms with E-state index in [4.69, 9.17) is 4.42 Å². The SMILES string of the molecule is CC(C)c1ccc(Cc2cnc(NC(=O)c3ccc(-c4ccccc4F)o3)s2)cc1. The van der Waals surface area contributed by atoms with Gasteiger partial charge >= 0.3 is 0 Å². The minimum absolute atomic E-state index is 0.106. The highest BCUT2D eigenvalue weighted by molar-refractivity contribution is 7.15. The molecule has 2 aromatic carbocycles. The molecule has 0 radical (unpaired) electrons. The highest BCUT2D eigenvalue weighted by Crippen LogP contribution is 2.26. The van der Waals surface area contributed by atoms with E-state index in [1.807, 2.05) is 0 Å². The van der Waals surface area contributed by atoms with Crippen LogP contribution < -0.4 is 5.32 Å². The van der Waals surface area contributed by atoms with E-state index in [1.165, 1.54) is 34.6 Å². The summed E-state index contributed by atoms with van der Waals surface area (Å²) >= 11 is 1.42. The largest absolute Gasteiger partial charge is 0.451 e. The minimum atomic E-state index is -0.417. The molecule has 1 amide bonds. The second-order valence-corrected chi connectivity index (χ2v) is 8.42. The third kappa shape index (κ3) is 4.49. The maximum atomic E-state index is 13.9. The fourth-order valence-corrected chi connectivity index (χ4v) is 3.93. The minimum Gasteiger partial charge on any atom is -0.451 e. The Morgan fingerprint density at radius 3 is 2.60 bits per heavy atom. The number of benzene rings is 2. The van der Waals surface area contributed by atoms with Gasteiger partial charge in [0, 0.05) is 17.5 Å². The Kier molecular flexibility index (Phi) is 5.77. The summed E-state index contributed by atoms with van der Waals surface area (Å²) in [6.07, 6.45) is 2.52. The molecule has 4 aromatic rings. The van der Waals surface area contributed by atoms with E-state index in [0.717, 1.165) is 11.3 Å². The molecule has 1 N–H and O–H groups in total. The lowest BCUT2D eigenvalue weighted by Gasteiger charge is -2.06. The number of halogens is 1. The van der Waals surface area contributed by atoms with Crippen LogP contribution in [0.5, 0.6) is 0 Å². The molecule has 4 nitrogen and oxygen atoms in total. The van der Waals surface area contributed by atoms with Crippen molar-refractivity contribution in [1.29, 1.82) is 0 Å². The maximum Gasteiger partial charge on any atom is 0.293 e. The normalized spacial score (nSPS) is 11.1. The summed E-state index contributed by atoms with van der Waals surface area (Å²) in [6.45, 7) is 4.34. The maximum absolute atomic E-state index is 13.9. The van der Waals surface area contributed by atoms with Crippen molar-refractivity contribution in [2.45, 2.75) is 26.2 Å². The molecule has 0 unspecified atom stereocenters. The van der Waals surface area contributed by atoms with Gasteiger partial charge in [-0.1, -0.05) is 50.2 Å². The molecule has 2 aromatic heterocycles. The van der Waals surface area contributed by atoms with Gasteiger partial charge in [-0.25, -0.2) is 9.37 Å². The van der Waals surface area contributed by atoms with Crippen molar-refractivity contribution in [1.82, 2.24) is 4.98 Å². The van der Waals surface area contributed by atoms with Gasteiger partial charge in [-0.05, 0) is 41.3 Å². The van der Waals surface area contributed by atoms with Crippen molar-refractivity contribution in [3.63, 3.8) is 0 Å². The van der Waals surface area contributed by atoms with E-state index in [9.17, 15) is 9.18 Å². The lowest BCUT2D eigenvalue weighted by Crippen LogP contribution is -2.10. The first-order chi connectivity index (χ1) is 14.5. The van der Waals surface area contributed by atoms with Gasteiger partial charge in [0.25, 0.3) is 5.91 Å². The van der Waals surface area contributed by atoms with Crippen molar-refractivity contribution in [3.8, 4) is 11.3 Å². The van der Waals surface area contributed by atoms with Crippen LogP contribution in [0.1, 0.15) is 46.3 Å². The Balaban J connectivity index is 1.41. The topological polar surface area (TPSA) is 55.1 Å². The van der Waals surface area contributed by atoms with Crippen LogP contribution in [0.4, 0.5) is 9.52 Å². The summed E-state index contributed by atoms with van der Waals surface area (Å²) in [4.78, 5) is 17.8. The third-order valence-corrected chi connectivity index (χ3v) is 5.68. The first-order valence-corrected chi connectivity index (χ1v) is 10.5.